The van der Waals surface area contributed by atoms with Crippen LogP contribution in [-0.2, 0) is 4.74 Å². The smallest absolute Gasteiger partial charge is 0.119 e. The van der Waals surface area contributed by atoms with E-state index in [1.807, 2.05) is 31.2 Å². The number of hydrazine groups is 1. The number of nitrogens with two attached hydrogens (primary N) is 1. The highest BCUT2D eigenvalue weighted by molar-refractivity contribution is 5.28. The molecule has 4 nitrogen and oxygen atoms in total. The van der Waals surface area contributed by atoms with Crippen molar-refractivity contribution in [1.82, 2.24) is 5.01 Å². The third-order valence-corrected chi connectivity index (χ3v) is 2.66. The van der Waals surface area contributed by atoms with Crippen molar-refractivity contribution < 1.29 is 9.47 Å². The molecule has 1 unspecified atom stereocenters. The minimum Gasteiger partial charge on any atom is -0.494 e. The van der Waals surface area contributed by atoms with Gasteiger partial charge in [0.1, 0.15) is 5.75 Å². The zero-order chi connectivity index (χ0) is 11.4. The highest BCUT2D eigenvalue weighted by atomic mass is 16.5. The summed E-state index contributed by atoms with van der Waals surface area (Å²) >= 11 is 0. The second-order valence-electron chi connectivity index (χ2n) is 3.86. The molecule has 1 aliphatic heterocycles. The van der Waals surface area contributed by atoms with Crippen molar-refractivity contribution in [2.75, 3.05) is 26.3 Å². The van der Waals surface area contributed by atoms with E-state index in [1.165, 1.54) is 0 Å². The van der Waals surface area contributed by atoms with Crippen molar-refractivity contribution in [3.8, 4) is 5.75 Å². The predicted octanol–water partition coefficient (Wildman–Crippen LogP) is 1.33. The summed E-state index contributed by atoms with van der Waals surface area (Å²) in [6.45, 7) is 4.90. The van der Waals surface area contributed by atoms with Crippen LogP contribution < -0.4 is 10.6 Å². The van der Waals surface area contributed by atoms with Crippen molar-refractivity contribution in [3.63, 3.8) is 0 Å². The van der Waals surface area contributed by atoms with Crippen molar-refractivity contribution in [1.29, 1.82) is 0 Å². The number of benzene rings is 1. The first-order valence-electron chi connectivity index (χ1n) is 5.63. The van der Waals surface area contributed by atoms with Gasteiger partial charge in [-0.1, -0.05) is 12.1 Å². The number of rotatable bonds is 3. The van der Waals surface area contributed by atoms with Crippen LogP contribution in [0, 0.1) is 0 Å². The first kappa shape index (κ1) is 11.4. The van der Waals surface area contributed by atoms with Gasteiger partial charge >= 0.3 is 0 Å². The molecule has 88 valence electrons. The van der Waals surface area contributed by atoms with Crippen LogP contribution in [-0.4, -0.2) is 31.3 Å². The number of nitrogens with zero attached hydrogens (tertiary/aromatic N) is 1. The average Bonchev–Trinajstić information content (AvgIpc) is 2.30. The molecule has 4 heteroatoms. The highest BCUT2D eigenvalue weighted by Crippen LogP contribution is 2.23. The molecular formula is C12H18N2O2. The van der Waals surface area contributed by atoms with E-state index in [0.29, 0.717) is 13.2 Å². The molecule has 1 aromatic rings. The fourth-order valence-electron chi connectivity index (χ4n) is 1.82. The summed E-state index contributed by atoms with van der Waals surface area (Å²) in [6, 6.07) is 8.01. The Hall–Kier alpha value is -1.10. The van der Waals surface area contributed by atoms with Crippen LogP contribution in [0.25, 0.3) is 0 Å². The molecule has 1 fully saturated rings. The van der Waals surface area contributed by atoms with Gasteiger partial charge in [-0.2, -0.15) is 0 Å². The number of morpholine rings is 1. The third kappa shape index (κ3) is 2.72. The van der Waals surface area contributed by atoms with Gasteiger partial charge in [0.2, 0.25) is 0 Å². The largest absolute Gasteiger partial charge is 0.494 e. The Balaban J connectivity index is 2.03. The predicted molar refractivity (Wildman–Crippen MR) is 62.1 cm³/mol. The van der Waals surface area contributed by atoms with Crippen molar-refractivity contribution in [2.45, 2.75) is 13.0 Å². The van der Waals surface area contributed by atoms with Crippen LogP contribution in [0.15, 0.2) is 24.3 Å². The Bertz CT molecular complexity index is 326. The Morgan fingerprint density at radius 3 is 2.81 bits per heavy atom. The molecule has 2 N–H and O–H groups in total. The molecule has 0 saturated carbocycles. The van der Waals surface area contributed by atoms with Crippen LogP contribution in [0.1, 0.15) is 18.6 Å². The van der Waals surface area contributed by atoms with Crippen LogP contribution >= 0.6 is 0 Å². The number of hydrogen-bond acceptors (Lipinski definition) is 4. The Morgan fingerprint density at radius 2 is 2.19 bits per heavy atom. The quantitative estimate of drug-likeness (QED) is 0.784. The molecule has 0 aromatic heterocycles. The molecule has 1 heterocycles. The van der Waals surface area contributed by atoms with E-state index in [9.17, 15) is 0 Å². The van der Waals surface area contributed by atoms with Gasteiger partial charge in [-0.25, -0.2) is 5.01 Å². The van der Waals surface area contributed by atoms with E-state index >= 15 is 0 Å². The Morgan fingerprint density at radius 1 is 1.44 bits per heavy atom. The normalized spacial score (nSPS) is 22.0. The first-order chi connectivity index (χ1) is 7.79. The monoisotopic (exact) mass is 222 g/mol. The lowest BCUT2D eigenvalue weighted by molar-refractivity contribution is -0.0304. The lowest BCUT2D eigenvalue weighted by atomic mass is 10.1. The Kier molecular flexibility index (Phi) is 3.77. The highest BCUT2D eigenvalue weighted by Gasteiger charge is 2.19. The molecule has 0 aliphatic carbocycles. The second-order valence-corrected chi connectivity index (χ2v) is 3.86. The molecule has 0 radical (unpaired) electrons. The van der Waals surface area contributed by atoms with Crippen LogP contribution in [0.2, 0.25) is 0 Å². The molecular weight excluding hydrogens is 204 g/mol. The van der Waals surface area contributed by atoms with Crippen LogP contribution in [0.4, 0.5) is 0 Å². The number of hydrogen-bond donors (Lipinski definition) is 1. The zero-order valence-electron chi connectivity index (χ0n) is 9.56. The van der Waals surface area contributed by atoms with Crippen molar-refractivity contribution in [2.24, 2.45) is 5.84 Å². The molecule has 2 rings (SSSR count). The SMILES string of the molecule is CCOc1ccc(C2CN(N)CCO2)cc1. The van der Waals surface area contributed by atoms with E-state index in [2.05, 4.69) is 0 Å². The summed E-state index contributed by atoms with van der Waals surface area (Å²) in [5, 5.41) is 1.80. The summed E-state index contributed by atoms with van der Waals surface area (Å²) in [6.07, 6.45) is 0.0782. The maximum Gasteiger partial charge on any atom is 0.119 e. The fraction of sp³-hybridized carbons (Fsp3) is 0.500. The van der Waals surface area contributed by atoms with Crippen molar-refractivity contribution >= 4 is 0 Å². The van der Waals surface area contributed by atoms with Gasteiger partial charge in [-0.05, 0) is 24.6 Å². The minimum absolute atomic E-state index is 0.0782. The van der Waals surface area contributed by atoms with E-state index in [0.717, 1.165) is 24.4 Å². The zero-order valence-corrected chi connectivity index (χ0v) is 9.56. The lowest BCUT2D eigenvalue weighted by Crippen LogP contribution is -2.42. The Labute approximate surface area is 95.9 Å². The molecule has 16 heavy (non-hydrogen) atoms. The van der Waals surface area contributed by atoms with Crippen molar-refractivity contribution in [3.05, 3.63) is 29.8 Å². The summed E-state index contributed by atoms with van der Waals surface area (Å²) < 4.78 is 11.1. The van der Waals surface area contributed by atoms with E-state index in [4.69, 9.17) is 15.3 Å². The van der Waals surface area contributed by atoms with Gasteiger partial charge < -0.3 is 9.47 Å². The van der Waals surface area contributed by atoms with Gasteiger partial charge in [0.05, 0.1) is 19.3 Å². The van der Waals surface area contributed by atoms with Gasteiger partial charge in [0, 0.05) is 13.1 Å². The first-order valence-corrected chi connectivity index (χ1v) is 5.63. The molecule has 1 aromatic carbocycles. The maximum atomic E-state index is 5.77. The molecule has 1 saturated heterocycles. The standard InChI is InChI=1S/C12H18N2O2/c1-2-15-11-5-3-10(4-6-11)12-9-14(13)7-8-16-12/h3-6,12H,2,7-9,13H2,1H3. The van der Waals surface area contributed by atoms with Gasteiger partial charge in [-0.15, -0.1) is 0 Å². The van der Waals surface area contributed by atoms with Crippen LogP contribution in [0.5, 0.6) is 5.75 Å². The molecule has 1 aliphatic rings. The van der Waals surface area contributed by atoms with Gasteiger partial charge in [0.25, 0.3) is 0 Å². The van der Waals surface area contributed by atoms with Crippen LogP contribution in [0.3, 0.4) is 0 Å². The topological polar surface area (TPSA) is 47.7 Å². The molecule has 0 bridgehead atoms. The van der Waals surface area contributed by atoms with E-state index in [-0.39, 0.29) is 6.10 Å². The molecule has 0 spiro atoms. The molecule has 1 atom stereocenters. The summed E-state index contributed by atoms with van der Waals surface area (Å²) in [7, 11) is 0. The molecule has 0 amide bonds. The third-order valence-electron chi connectivity index (χ3n) is 2.66. The minimum atomic E-state index is 0.0782. The average molecular weight is 222 g/mol. The van der Waals surface area contributed by atoms with Gasteiger partial charge in [0.15, 0.2) is 0 Å². The summed E-state index contributed by atoms with van der Waals surface area (Å²) in [5.74, 6) is 6.66. The lowest BCUT2D eigenvalue weighted by Gasteiger charge is -2.29. The maximum absolute atomic E-state index is 5.77. The van der Waals surface area contributed by atoms with E-state index < -0.39 is 0 Å². The summed E-state index contributed by atoms with van der Waals surface area (Å²) in [4.78, 5) is 0. The second kappa shape index (κ2) is 5.30. The fourth-order valence-corrected chi connectivity index (χ4v) is 1.82. The number of ether oxygens (including phenoxy) is 2. The summed E-state index contributed by atoms with van der Waals surface area (Å²) in [5.41, 5.74) is 1.15. The van der Waals surface area contributed by atoms with E-state index in [1.54, 1.807) is 5.01 Å². The van der Waals surface area contributed by atoms with Gasteiger partial charge in [-0.3, -0.25) is 5.84 Å².